The van der Waals surface area contributed by atoms with Gasteiger partial charge < -0.3 is 24.6 Å². The SMILES string of the molecule is CCCOc1cccc(C(=O)NCC2(OCCO)CCOCC2)c1. The van der Waals surface area contributed by atoms with E-state index in [1.165, 1.54) is 0 Å². The summed E-state index contributed by atoms with van der Waals surface area (Å²) in [4.78, 5) is 12.4. The van der Waals surface area contributed by atoms with E-state index in [0.717, 1.165) is 6.42 Å². The van der Waals surface area contributed by atoms with E-state index in [0.29, 0.717) is 50.5 Å². The molecule has 1 fully saturated rings. The molecule has 24 heavy (non-hydrogen) atoms. The van der Waals surface area contributed by atoms with Gasteiger partial charge in [0.25, 0.3) is 5.91 Å². The molecule has 1 heterocycles. The quantitative estimate of drug-likeness (QED) is 0.718. The molecule has 1 saturated heterocycles. The van der Waals surface area contributed by atoms with Gasteiger partial charge in [-0.05, 0) is 24.6 Å². The first-order valence-electron chi connectivity index (χ1n) is 8.53. The van der Waals surface area contributed by atoms with Crippen LogP contribution in [0.4, 0.5) is 0 Å². The van der Waals surface area contributed by atoms with Gasteiger partial charge in [0.2, 0.25) is 0 Å². The first-order valence-corrected chi connectivity index (χ1v) is 8.53. The maximum Gasteiger partial charge on any atom is 0.251 e. The lowest BCUT2D eigenvalue weighted by molar-refractivity contribution is -0.114. The van der Waals surface area contributed by atoms with Crippen molar-refractivity contribution < 1.29 is 24.1 Å². The topological polar surface area (TPSA) is 77.0 Å². The van der Waals surface area contributed by atoms with Crippen LogP contribution in [-0.4, -0.2) is 56.2 Å². The van der Waals surface area contributed by atoms with Crippen LogP contribution >= 0.6 is 0 Å². The van der Waals surface area contributed by atoms with Crippen LogP contribution in [0.2, 0.25) is 0 Å². The predicted molar refractivity (Wildman–Crippen MR) is 90.4 cm³/mol. The minimum absolute atomic E-state index is 0.0344. The predicted octanol–water partition coefficient (Wildman–Crippen LogP) is 1.76. The van der Waals surface area contributed by atoms with Gasteiger partial charge in [0, 0.05) is 38.2 Å². The van der Waals surface area contributed by atoms with E-state index >= 15 is 0 Å². The summed E-state index contributed by atoms with van der Waals surface area (Å²) < 4.78 is 16.8. The van der Waals surface area contributed by atoms with Crippen LogP contribution in [0.25, 0.3) is 0 Å². The van der Waals surface area contributed by atoms with Crippen LogP contribution < -0.4 is 10.1 Å². The van der Waals surface area contributed by atoms with Gasteiger partial charge in [-0.15, -0.1) is 0 Å². The number of ether oxygens (including phenoxy) is 3. The zero-order chi connectivity index (χ0) is 17.3. The molecule has 6 nitrogen and oxygen atoms in total. The summed E-state index contributed by atoms with van der Waals surface area (Å²) in [6.07, 6.45) is 2.32. The lowest BCUT2D eigenvalue weighted by atomic mass is 9.93. The van der Waals surface area contributed by atoms with Crippen molar-refractivity contribution in [3.8, 4) is 5.75 Å². The Balaban J connectivity index is 1.94. The second-order valence-corrected chi connectivity index (χ2v) is 5.93. The highest BCUT2D eigenvalue weighted by molar-refractivity contribution is 5.94. The van der Waals surface area contributed by atoms with Gasteiger partial charge in [-0.25, -0.2) is 0 Å². The summed E-state index contributed by atoms with van der Waals surface area (Å²) in [6, 6.07) is 7.17. The normalized spacial score (nSPS) is 16.6. The summed E-state index contributed by atoms with van der Waals surface area (Å²) in [7, 11) is 0. The number of carbonyl (C=O) groups excluding carboxylic acids is 1. The van der Waals surface area contributed by atoms with Gasteiger partial charge in [0.1, 0.15) is 5.75 Å². The van der Waals surface area contributed by atoms with Crippen molar-refractivity contribution in [1.82, 2.24) is 5.32 Å². The molecule has 6 heteroatoms. The maximum absolute atomic E-state index is 12.4. The third-order valence-corrected chi connectivity index (χ3v) is 4.04. The molecule has 1 aromatic rings. The number of benzene rings is 1. The average molecular weight is 337 g/mol. The Hall–Kier alpha value is -1.63. The second kappa shape index (κ2) is 9.61. The highest BCUT2D eigenvalue weighted by Gasteiger charge is 2.34. The Morgan fingerprint density at radius 1 is 1.33 bits per heavy atom. The molecule has 2 rings (SSSR count). The van der Waals surface area contributed by atoms with E-state index in [1.54, 1.807) is 12.1 Å². The molecule has 0 spiro atoms. The van der Waals surface area contributed by atoms with Gasteiger partial charge in [-0.1, -0.05) is 13.0 Å². The fraction of sp³-hybridized carbons (Fsp3) is 0.611. The van der Waals surface area contributed by atoms with E-state index < -0.39 is 5.60 Å². The van der Waals surface area contributed by atoms with E-state index in [2.05, 4.69) is 5.32 Å². The number of aliphatic hydroxyl groups is 1. The van der Waals surface area contributed by atoms with Crippen LogP contribution in [0.15, 0.2) is 24.3 Å². The van der Waals surface area contributed by atoms with Crippen molar-refractivity contribution in [2.75, 3.05) is 39.6 Å². The van der Waals surface area contributed by atoms with Gasteiger partial charge in [-0.2, -0.15) is 0 Å². The van der Waals surface area contributed by atoms with Gasteiger partial charge in [0.05, 0.1) is 25.4 Å². The first-order chi connectivity index (χ1) is 11.7. The van der Waals surface area contributed by atoms with Crippen molar-refractivity contribution in [3.63, 3.8) is 0 Å². The summed E-state index contributed by atoms with van der Waals surface area (Å²) in [5, 5.41) is 12.0. The lowest BCUT2D eigenvalue weighted by Crippen LogP contribution is -2.49. The van der Waals surface area contributed by atoms with Crippen LogP contribution in [0.5, 0.6) is 5.75 Å². The van der Waals surface area contributed by atoms with Crippen molar-refractivity contribution in [3.05, 3.63) is 29.8 Å². The summed E-state index contributed by atoms with van der Waals surface area (Å²) in [6.45, 7) is 4.49. The Bertz CT molecular complexity index is 514. The minimum atomic E-state index is -0.465. The molecule has 1 amide bonds. The smallest absolute Gasteiger partial charge is 0.251 e. The van der Waals surface area contributed by atoms with Crippen molar-refractivity contribution in [2.45, 2.75) is 31.8 Å². The van der Waals surface area contributed by atoms with E-state index in [4.69, 9.17) is 19.3 Å². The number of carbonyl (C=O) groups is 1. The molecule has 0 unspecified atom stereocenters. The third-order valence-electron chi connectivity index (χ3n) is 4.04. The molecule has 134 valence electrons. The molecule has 1 aliphatic heterocycles. The zero-order valence-corrected chi connectivity index (χ0v) is 14.3. The molecule has 1 aromatic carbocycles. The molecular weight excluding hydrogens is 310 g/mol. The highest BCUT2D eigenvalue weighted by Crippen LogP contribution is 2.24. The van der Waals surface area contributed by atoms with E-state index in [9.17, 15) is 4.79 Å². The van der Waals surface area contributed by atoms with Crippen molar-refractivity contribution >= 4 is 5.91 Å². The zero-order valence-electron chi connectivity index (χ0n) is 14.3. The molecule has 0 aromatic heterocycles. The number of aliphatic hydroxyl groups excluding tert-OH is 1. The summed E-state index contributed by atoms with van der Waals surface area (Å²) >= 11 is 0. The van der Waals surface area contributed by atoms with Crippen molar-refractivity contribution in [1.29, 1.82) is 0 Å². The van der Waals surface area contributed by atoms with Crippen LogP contribution in [-0.2, 0) is 9.47 Å². The first kappa shape index (κ1) is 18.7. The molecule has 0 saturated carbocycles. The van der Waals surface area contributed by atoms with E-state index in [1.807, 2.05) is 19.1 Å². The van der Waals surface area contributed by atoms with Crippen molar-refractivity contribution in [2.24, 2.45) is 0 Å². The largest absolute Gasteiger partial charge is 0.494 e. The van der Waals surface area contributed by atoms with Gasteiger partial charge in [-0.3, -0.25) is 4.79 Å². The van der Waals surface area contributed by atoms with Gasteiger partial charge in [0.15, 0.2) is 0 Å². The fourth-order valence-electron chi connectivity index (χ4n) is 2.67. The molecule has 2 N–H and O–H groups in total. The third kappa shape index (κ3) is 5.47. The molecule has 1 aliphatic rings. The van der Waals surface area contributed by atoms with E-state index in [-0.39, 0.29) is 19.1 Å². The Morgan fingerprint density at radius 3 is 2.83 bits per heavy atom. The van der Waals surface area contributed by atoms with Crippen LogP contribution in [0, 0.1) is 0 Å². The lowest BCUT2D eigenvalue weighted by Gasteiger charge is -2.37. The van der Waals surface area contributed by atoms with Gasteiger partial charge >= 0.3 is 0 Å². The second-order valence-electron chi connectivity index (χ2n) is 5.93. The number of hydrogen-bond donors (Lipinski definition) is 2. The number of nitrogens with one attached hydrogen (secondary N) is 1. The fourth-order valence-corrected chi connectivity index (χ4v) is 2.67. The minimum Gasteiger partial charge on any atom is -0.494 e. The van der Waals surface area contributed by atoms with Crippen LogP contribution in [0.1, 0.15) is 36.5 Å². The monoisotopic (exact) mass is 337 g/mol. The summed E-state index contributed by atoms with van der Waals surface area (Å²) in [5.41, 5.74) is 0.0976. The molecule has 0 atom stereocenters. The average Bonchev–Trinajstić information content (AvgIpc) is 2.64. The maximum atomic E-state index is 12.4. The van der Waals surface area contributed by atoms with Crippen LogP contribution in [0.3, 0.4) is 0 Å². The molecular formula is C18H27NO5. The standard InChI is InChI=1S/C18H27NO5/c1-2-9-23-16-5-3-4-15(13-16)17(21)19-14-18(24-12-8-20)6-10-22-11-7-18/h3-5,13,20H,2,6-12,14H2,1H3,(H,19,21). The number of rotatable bonds is 9. The molecule has 0 aliphatic carbocycles. The molecule has 0 bridgehead atoms. The Morgan fingerprint density at radius 2 is 2.12 bits per heavy atom. The number of amides is 1. The Labute approximate surface area is 143 Å². The molecule has 0 radical (unpaired) electrons. The highest BCUT2D eigenvalue weighted by atomic mass is 16.5. The summed E-state index contributed by atoms with van der Waals surface area (Å²) in [5.74, 6) is 0.539. The Kier molecular flexibility index (Phi) is 7.49. The number of hydrogen-bond acceptors (Lipinski definition) is 5.